The molecule has 0 saturated carbocycles. The summed E-state index contributed by atoms with van der Waals surface area (Å²) in [6, 6.07) is 0. The predicted molar refractivity (Wildman–Crippen MR) is 159 cm³/mol. The molecule has 1 heterocycles. The van der Waals surface area contributed by atoms with Crippen molar-refractivity contribution in [1.82, 2.24) is 0 Å². The molecule has 5 unspecified atom stereocenters. The molecule has 0 aromatic rings. The van der Waals surface area contributed by atoms with Crippen molar-refractivity contribution in [2.45, 2.75) is 99.1 Å². The van der Waals surface area contributed by atoms with Gasteiger partial charge in [0.25, 0.3) is 0 Å². The van der Waals surface area contributed by atoms with Gasteiger partial charge in [0, 0.05) is 27.7 Å². The van der Waals surface area contributed by atoms with Crippen molar-refractivity contribution in [2.75, 3.05) is 43.6 Å². The Kier molecular flexibility index (Phi) is 38.7. The first-order chi connectivity index (χ1) is 17.8. The number of ether oxygens (including phenoxy) is 5. The topological polar surface area (TPSA) is 114 Å². The van der Waals surface area contributed by atoms with Crippen molar-refractivity contribution in [3.8, 4) is 0 Å². The number of esters is 4. The van der Waals surface area contributed by atoms with Crippen molar-refractivity contribution in [3.05, 3.63) is 0 Å². The molecule has 252 valence electrons. The van der Waals surface area contributed by atoms with Gasteiger partial charge in [0.05, 0.1) is 37.0 Å². The molecule has 1 rings (SSSR count). The van der Waals surface area contributed by atoms with Gasteiger partial charge in [-0.2, -0.15) is 0 Å². The normalized spacial score (nSPS) is 20.7. The molecule has 0 aromatic carbocycles. The van der Waals surface area contributed by atoms with Gasteiger partial charge in [0.1, 0.15) is 18.8 Å². The van der Waals surface area contributed by atoms with Crippen LogP contribution in [0.2, 0.25) is 0 Å². The van der Waals surface area contributed by atoms with Crippen molar-refractivity contribution in [3.63, 3.8) is 0 Å². The van der Waals surface area contributed by atoms with E-state index in [0.717, 1.165) is 20.8 Å². The Balaban J connectivity index is -0.000000212. The minimum atomic E-state index is -1.19. The van der Waals surface area contributed by atoms with Gasteiger partial charge in [0.15, 0.2) is 12.2 Å². The number of carbonyl (C=O) groups excluding carboxylic acids is 4. The molecule has 0 radical (unpaired) electrons. The summed E-state index contributed by atoms with van der Waals surface area (Å²) in [6.45, 7) is 18.2. The van der Waals surface area contributed by atoms with Gasteiger partial charge in [-0.15, -0.1) is 0 Å². The number of hydrogen-bond acceptors (Lipinski definition) is 10. The zero-order valence-corrected chi connectivity index (χ0v) is 33.8. The van der Waals surface area contributed by atoms with Crippen LogP contribution in [0, 0.1) is 0 Å². The largest absolute Gasteiger partial charge is 1.00 e. The smallest absolute Gasteiger partial charge is 1.00 e. The van der Waals surface area contributed by atoms with Crippen molar-refractivity contribution < 1.29 is 100 Å². The van der Waals surface area contributed by atoms with E-state index in [1.807, 2.05) is 0 Å². The zero-order chi connectivity index (χ0) is 29.8. The number of carbonyl (C=O) groups is 4. The van der Waals surface area contributed by atoms with Crippen LogP contribution in [-0.2, 0) is 100 Å². The maximum Gasteiger partial charge on any atom is 1.00 e. The van der Waals surface area contributed by atoms with E-state index in [1.165, 1.54) is 43.9 Å². The van der Waals surface area contributed by atoms with Gasteiger partial charge < -0.3 is 48.7 Å². The quantitative estimate of drug-likeness (QED) is 0.0983. The van der Waals surface area contributed by atoms with Gasteiger partial charge >= 0.3 is 68.6 Å². The Morgan fingerprint density at radius 3 is 1.20 bits per heavy atom. The van der Waals surface area contributed by atoms with Crippen LogP contribution in [0.5, 0.6) is 0 Å². The summed E-state index contributed by atoms with van der Waals surface area (Å²) >= 11 is 5.11. The average molecular weight is 1030 g/mol. The predicted octanol–water partition coefficient (Wildman–Crippen LogP) is 1.14. The number of halogens is 1. The third-order valence-electron chi connectivity index (χ3n) is 5.95. The first-order valence-corrected chi connectivity index (χ1v) is 18.2. The molecule has 0 spiro atoms. The monoisotopic (exact) mass is 1030 g/mol. The van der Waals surface area contributed by atoms with Crippen LogP contribution < -0.4 is 12.4 Å². The van der Waals surface area contributed by atoms with Gasteiger partial charge in [-0.1, -0.05) is 0 Å². The molecule has 0 amide bonds. The summed E-state index contributed by atoms with van der Waals surface area (Å²) < 4.78 is 25.7. The van der Waals surface area contributed by atoms with E-state index < -0.39 is 53.7 Å². The van der Waals surface area contributed by atoms with Crippen LogP contribution in [0.4, 0.5) is 0 Å². The molecular weight excluding hydrogens is 980 g/mol. The van der Waals surface area contributed by atoms with Crippen molar-refractivity contribution in [2.24, 2.45) is 0 Å². The molecular formula is C26H51Au2ClO9P2S+2. The second-order valence-electron chi connectivity index (χ2n) is 8.69. The Morgan fingerprint density at radius 1 is 0.610 bits per heavy atom. The molecule has 0 bridgehead atoms. The van der Waals surface area contributed by atoms with Crippen LogP contribution in [0.15, 0.2) is 0 Å². The summed E-state index contributed by atoms with van der Waals surface area (Å²) in [7, 11) is 0.275. The number of rotatable bonds is 11. The molecule has 9 nitrogen and oxygen atoms in total. The summed E-state index contributed by atoms with van der Waals surface area (Å²) in [5, 5.41) is 0. The molecule has 0 aliphatic carbocycles. The molecule has 0 aromatic heterocycles. The van der Waals surface area contributed by atoms with E-state index in [1.54, 1.807) is 0 Å². The van der Waals surface area contributed by atoms with Gasteiger partial charge in [-0.25, -0.2) is 0 Å². The zero-order valence-electron chi connectivity index (χ0n) is 25.9. The summed E-state index contributed by atoms with van der Waals surface area (Å²) in [6.07, 6.45) is 4.26. The van der Waals surface area contributed by atoms with Crippen LogP contribution in [-0.4, -0.2) is 97.3 Å². The minimum absolute atomic E-state index is 0. The molecule has 15 heteroatoms. The van der Waals surface area contributed by atoms with E-state index >= 15 is 0 Å². The second-order valence-corrected chi connectivity index (χ2v) is 16.4. The summed E-state index contributed by atoms with van der Waals surface area (Å²) in [5.41, 5.74) is -1.09. The number of hydrogen-bond donors (Lipinski definition) is 0. The molecule has 1 saturated heterocycles. The maximum atomic E-state index is 11.4. The van der Waals surface area contributed by atoms with Crippen LogP contribution in [0.25, 0.3) is 0 Å². The molecule has 1 aliphatic heterocycles. The fraction of sp³-hybridized carbons (Fsp3) is 0.846. The SMILES string of the molecule is CC(=O)OCC1OC([S-])C(OC(C)=O)C(OC(C)=O)C1OC(C)=O.CC[PH+](CC)CC.CC[PH+](CC)CC.[Au+].[Au+].[Cl-]. The standard InChI is InChI=1S/C14H20O9S.2C6H15P.2Au.ClH/c1-6(15)19-5-10-11(20-7(2)16)12(21-8(3)17)13(14(24)23-10)22-9(4)18;2*1-4-7(5-2)6-3;;;/h10-14,24H,5H2,1-4H3;2*4-6H2,1-3H3;;;1H/q;;;2*+1;. The van der Waals surface area contributed by atoms with E-state index in [9.17, 15) is 19.2 Å². The molecule has 1 fully saturated rings. The minimum Gasteiger partial charge on any atom is -1.00 e. The Labute approximate surface area is 293 Å². The summed E-state index contributed by atoms with van der Waals surface area (Å²) in [5.74, 6) is -2.62. The fourth-order valence-corrected chi connectivity index (χ4v) is 7.04. The third kappa shape index (κ3) is 24.8. The van der Waals surface area contributed by atoms with Crippen LogP contribution in [0.3, 0.4) is 0 Å². The Bertz CT molecular complexity index is 683. The molecule has 1 aliphatic rings. The van der Waals surface area contributed by atoms with E-state index in [4.69, 9.17) is 36.3 Å². The maximum absolute atomic E-state index is 11.4. The fourth-order valence-electron chi connectivity index (χ4n) is 3.69. The molecule has 5 atom stereocenters. The van der Waals surface area contributed by atoms with Crippen LogP contribution >= 0.6 is 15.8 Å². The Morgan fingerprint density at radius 2 is 0.927 bits per heavy atom. The van der Waals surface area contributed by atoms with Crippen LogP contribution in [0.1, 0.15) is 69.2 Å². The van der Waals surface area contributed by atoms with E-state index in [-0.39, 0.29) is 79.6 Å². The van der Waals surface area contributed by atoms with Gasteiger partial charge in [-0.05, 0) is 62.8 Å². The van der Waals surface area contributed by atoms with Gasteiger partial charge in [-0.3, -0.25) is 19.2 Å². The van der Waals surface area contributed by atoms with Gasteiger partial charge in [0.2, 0.25) is 0 Å². The average Bonchev–Trinajstić information content (AvgIpc) is 2.84. The first kappa shape index (κ1) is 51.4. The summed E-state index contributed by atoms with van der Waals surface area (Å²) in [4.78, 5) is 45.0. The second kappa shape index (κ2) is 30.8. The van der Waals surface area contributed by atoms with Crippen molar-refractivity contribution in [1.29, 1.82) is 0 Å². The Hall–Kier alpha value is 0.821. The first-order valence-electron chi connectivity index (χ1n) is 13.4. The molecule has 41 heavy (non-hydrogen) atoms. The van der Waals surface area contributed by atoms with E-state index in [0.29, 0.717) is 0 Å². The molecule has 0 N–H and O–H groups in total. The third-order valence-corrected chi connectivity index (χ3v) is 12.3. The van der Waals surface area contributed by atoms with E-state index in [2.05, 4.69) is 41.5 Å². The van der Waals surface area contributed by atoms with Crippen molar-refractivity contribution >= 4 is 52.3 Å².